The largest absolute Gasteiger partial charge is 0.461 e. The van der Waals surface area contributed by atoms with Crippen LogP contribution < -0.4 is 5.32 Å². The van der Waals surface area contributed by atoms with Gasteiger partial charge in [0.2, 0.25) is 11.7 Å². The van der Waals surface area contributed by atoms with Crippen molar-refractivity contribution < 1.29 is 8.94 Å². The van der Waals surface area contributed by atoms with E-state index in [1.807, 2.05) is 13.0 Å². The molecule has 1 aliphatic rings. The molecule has 18 heavy (non-hydrogen) atoms. The first-order valence-corrected chi connectivity index (χ1v) is 6.35. The van der Waals surface area contributed by atoms with E-state index in [1.54, 1.807) is 6.26 Å². The second-order valence-electron chi connectivity index (χ2n) is 4.97. The number of hydrogen-bond donors (Lipinski definition) is 1. The van der Waals surface area contributed by atoms with E-state index in [9.17, 15) is 0 Å². The van der Waals surface area contributed by atoms with Crippen molar-refractivity contribution in [2.45, 2.75) is 38.6 Å². The van der Waals surface area contributed by atoms with Gasteiger partial charge in [-0.15, -0.1) is 0 Å². The third kappa shape index (κ3) is 2.06. The maximum Gasteiger partial charge on any atom is 0.238 e. The van der Waals surface area contributed by atoms with Gasteiger partial charge in [-0.3, -0.25) is 0 Å². The average molecular weight is 247 g/mol. The molecule has 0 spiro atoms. The third-order valence-electron chi connectivity index (χ3n) is 3.48. The van der Waals surface area contributed by atoms with Crippen LogP contribution in [0.25, 0.3) is 11.6 Å². The minimum Gasteiger partial charge on any atom is -0.461 e. The number of hydrogen-bond acceptors (Lipinski definition) is 5. The van der Waals surface area contributed by atoms with Crippen LogP contribution in [0.1, 0.15) is 37.1 Å². The summed E-state index contributed by atoms with van der Waals surface area (Å²) >= 11 is 0. The Kier molecular flexibility index (Phi) is 2.91. The summed E-state index contributed by atoms with van der Waals surface area (Å²) in [5.41, 5.74) is 1.03. The number of furan rings is 1. The molecule has 0 saturated carbocycles. The molecule has 5 heteroatoms. The van der Waals surface area contributed by atoms with Crippen molar-refractivity contribution in [2.24, 2.45) is 0 Å². The van der Waals surface area contributed by atoms with E-state index in [2.05, 4.69) is 22.4 Å². The van der Waals surface area contributed by atoms with Gasteiger partial charge in [0.15, 0.2) is 5.76 Å². The predicted molar refractivity (Wildman–Crippen MR) is 66.2 cm³/mol. The molecule has 3 heterocycles. The number of rotatable bonds is 2. The number of piperidine rings is 1. The molecule has 1 saturated heterocycles. The number of nitrogens with one attached hydrogen (secondary N) is 1. The van der Waals surface area contributed by atoms with E-state index in [1.165, 1.54) is 0 Å². The lowest BCUT2D eigenvalue weighted by molar-refractivity contribution is 0.295. The zero-order valence-corrected chi connectivity index (χ0v) is 10.6. The highest BCUT2D eigenvalue weighted by Gasteiger charge is 2.25. The number of aromatic nitrogens is 2. The molecule has 3 rings (SSSR count). The molecule has 5 nitrogen and oxygen atoms in total. The lowest BCUT2D eigenvalue weighted by Gasteiger charge is -2.25. The molecule has 0 amide bonds. The van der Waals surface area contributed by atoms with Crippen LogP contribution in [0.3, 0.4) is 0 Å². The summed E-state index contributed by atoms with van der Waals surface area (Å²) in [7, 11) is 0. The zero-order valence-electron chi connectivity index (χ0n) is 10.6. The van der Waals surface area contributed by atoms with Crippen LogP contribution in [-0.4, -0.2) is 22.7 Å². The summed E-state index contributed by atoms with van der Waals surface area (Å²) in [5, 5.41) is 7.44. The topological polar surface area (TPSA) is 64.1 Å². The maximum absolute atomic E-state index is 5.38. The van der Waals surface area contributed by atoms with E-state index in [0.29, 0.717) is 23.5 Å². The minimum atomic E-state index is 0.359. The fourth-order valence-electron chi connectivity index (χ4n) is 2.45. The van der Waals surface area contributed by atoms with Crippen LogP contribution in [0, 0.1) is 6.92 Å². The van der Waals surface area contributed by atoms with Gasteiger partial charge in [-0.2, -0.15) is 4.98 Å². The molecule has 96 valence electrons. The van der Waals surface area contributed by atoms with Crippen molar-refractivity contribution in [3.05, 3.63) is 23.8 Å². The van der Waals surface area contributed by atoms with Gasteiger partial charge in [0.25, 0.3) is 0 Å². The first-order valence-electron chi connectivity index (χ1n) is 6.35. The Bertz CT molecular complexity index is 532. The van der Waals surface area contributed by atoms with Gasteiger partial charge in [0.1, 0.15) is 0 Å². The molecular formula is C13H17N3O2. The van der Waals surface area contributed by atoms with Gasteiger partial charge in [-0.1, -0.05) is 5.16 Å². The molecule has 0 aliphatic carbocycles. The van der Waals surface area contributed by atoms with Gasteiger partial charge in [-0.05, 0) is 44.9 Å². The quantitative estimate of drug-likeness (QED) is 0.883. The van der Waals surface area contributed by atoms with Crippen LogP contribution in [-0.2, 0) is 0 Å². The van der Waals surface area contributed by atoms with Crippen molar-refractivity contribution in [3.8, 4) is 11.6 Å². The summed E-state index contributed by atoms with van der Waals surface area (Å²) in [4.78, 5) is 4.47. The van der Waals surface area contributed by atoms with Crippen LogP contribution in [0.5, 0.6) is 0 Å². The van der Waals surface area contributed by atoms with Crippen LogP contribution in [0.15, 0.2) is 21.3 Å². The van der Waals surface area contributed by atoms with Gasteiger partial charge in [0.05, 0.1) is 6.26 Å². The standard InChI is InChI=1S/C13H17N3O2/c1-8-4-6-17-11(8)12-15-13(18-16-12)10-3-5-14-9(2)7-10/h4,6,9-10,14H,3,5,7H2,1-2H3. The molecule has 1 fully saturated rings. The van der Waals surface area contributed by atoms with Gasteiger partial charge in [-0.25, -0.2) is 0 Å². The monoisotopic (exact) mass is 247 g/mol. The minimum absolute atomic E-state index is 0.359. The SMILES string of the molecule is Cc1ccoc1-c1noc(C2CCNC(C)C2)n1. The summed E-state index contributed by atoms with van der Waals surface area (Å²) < 4.78 is 10.8. The Morgan fingerprint density at radius 3 is 3.06 bits per heavy atom. The maximum atomic E-state index is 5.38. The van der Waals surface area contributed by atoms with E-state index >= 15 is 0 Å². The normalized spacial score (nSPS) is 24.3. The molecular weight excluding hydrogens is 230 g/mol. The Morgan fingerprint density at radius 1 is 1.44 bits per heavy atom. The number of nitrogens with zero attached hydrogens (tertiary/aromatic N) is 2. The second kappa shape index (κ2) is 4.57. The molecule has 2 aromatic heterocycles. The first kappa shape index (κ1) is 11.5. The number of aryl methyl sites for hydroxylation is 1. The van der Waals surface area contributed by atoms with Crippen LogP contribution in [0.2, 0.25) is 0 Å². The highest BCUT2D eigenvalue weighted by Crippen LogP contribution is 2.29. The van der Waals surface area contributed by atoms with E-state index in [0.717, 1.165) is 30.8 Å². The lowest BCUT2D eigenvalue weighted by atomic mass is 9.93. The van der Waals surface area contributed by atoms with E-state index in [-0.39, 0.29) is 0 Å². The fourth-order valence-corrected chi connectivity index (χ4v) is 2.45. The molecule has 1 aliphatic heterocycles. The molecule has 2 unspecified atom stereocenters. The Labute approximate surface area is 106 Å². The summed E-state index contributed by atoms with van der Waals surface area (Å²) in [6.07, 6.45) is 3.73. The highest BCUT2D eigenvalue weighted by atomic mass is 16.5. The van der Waals surface area contributed by atoms with Crippen molar-refractivity contribution in [1.82, 2.24) is 15.5 Å². The molecule has 0 aromatic carbocycles. The summed E-state index contributed by atoms with van der Waals surface area (Å²) in [6.45, 7) is 5.16. The van der Waals surface area contributed by atoms with E-state index < -0.39 is 0 Å². The highest BCUT2D eigenvalue weighted by molar-refractivity contribution is 5.51. The van der Waals surface area contributed by atoms with Crippen molar-refractivity contribution in [3.63, 3.8) is 0 Å². The fraction of sp³-hybridized carbons (Fsp3) is 0.538. The summed E-state index contributed by atoms with van der Waals surface area (Å²) in [5.74, 6) is 2.34. The Balaban J connectivity index is 1.83. The molecule has 0 radical (unpaired) electrons. The van der Waals surface area contributed by atoms with Crippen molar-refractivity contribution in [1.29, 1.82) is 0 Å². The Hall–Kier alpha value is -1.62. The smallest absolute Gasteiger partial charge is 0.238 e. The summed E-state index contributed by atoms with van der Waals surface area (Å²) in [6, 6.07) is 2.40. The van der Waals surface area contributed by atoms with Crippen LogP contribution >= 0.6 is 0 Å². The lowest BCUT2D eigenvalue weighted by Crippen LogP contribution is -2.34. The van der Waals surface area contributed by atoms with Gasteiger partial charge in [0, 0.05) is 12.0 Å². The van der Waals surface area contributed by atoms with Gasteiger partial charge < -0.3 is 14.3 Å². The van der Waals surface area contributed by atoms with Crippen molar-refractivity contribution >= 4 is 0 Å². The first-order chi connectivity index (χ1) is 8.74. The molecule has 2 aromatic rings. The van der Waals surface area contributed by atoms with Crippen LogP contribution in [0.4, 0.5) is 0 Å². The van der Waals surface area contributed by atoms with E-state index in [4.69, 9.17) is 8.94 Å². The van der Waals surface area contributed by atoms with Crippen molar-refractivity contribution in [2.75, 3.05) is 6.54 Å². The average Bonchev–Trinajstić information content (AvgIpc) is 2.97. The molecule has 2 atom stereocenters. The zero-order chi connectivity index (χ0) is 12.5. The second-order valence-corrected chi connectivity index (χ2v) is 4.97. The predicted octanol–water partition coefficient (Wildman–Crippen LogP) is 2.49. The third-order valence-corrected chi connectivity index (χ3v) is 3.48. The molecule has 1 N–H and O–H groups in total. The molecule has 0 bridgehead atoms. The Morgan fingerprint density at radius 2 is 2.33 bits per heavy atom. The van der Waals surface area contributed by atoms with Gasteiger partial charge >= 0.3 is 0 Å².